The zero-order valence-electron chi connectivity index (χ0n) is 13.2. The van der Waals surface area contributed by atoms with Crippen molar-refractivity contribution in [2.75, 3.05) is 13.1 Å². The molecule has 1 heterocycles. The number of aryl methyl sites for hydroxylation is 1. The molecule has 0 aliphatic carbocycles. The Hall–Kier alpha value is -1.48. The van der Waals surface area contributed by atoms with Gasteiger partial charge in [0.25, 0.3) is 0 Å². The van der Waals surface area contributed by atoms with Crippen molar-refractivity contribution in [1.29, 1.82) is 0 Å². The number of hydrogen-bond acceptors (Lipinski definition) is 4. The highest BCUT2D eigenvalue weighted by molar-refractivity contribution is 7.92. The van der Waals surface area contributed by atoms with E-state index in [1.165, 1.54) is 43.3 Å². The fraction of sp³-hybridized carbons (Fsp3) is 0.250. The summed E-state index contributed by atoms with van der Waals surface area (Å²) in [5.74, 6) is -0.495. The van der Waals surface area contributed by atoms with Crippen LogP contribution in [0.5, 0.6) is 0 Å². The predicted octanol–water partition coefficient (Wildman–Crippen LogP) is 2.63. The van der Waals surface area contributed by atoms with Gasteiger partial charge in [-0.15, -0.1) is 0 Å². The number of nitrogens with zero attached hydrogens (tertiary/aromatic N) is 1. The van der Waals surface area contributed by atoms with Crippen LogP contribution in [-0.2, 0) is 19.9 Å². The van der Waals surface area contributed by atoms with Gasteiger partial charge in [0, 0.05) is 18.1 Å². The smallest absolute Gasteiger partial charge is 0.223 e. The molecule has 0 unspecified atom stereocenters. The average molecular weight is 404 g/mol. The van der Waals surface area contributed by atoms with E-state index < -0.39 is 30.9 Å². The van der Waals surface area contributed by atoms with Crippen molar-refractivity contribution in [3.8, 4) is 0 Å². The third-order valence-corrected chi connectivity index (χ3v) is 8.35. The topological polar surface area (TPSA) is 71.5 Å². The first-order valence-electron chi connectivity index (χ1n) is 7.38. The molecular weight excluding hydrogens is 389 g/mol. The summed E-state index contributed by atoms with van der Waals surface area (Å²) >= 11 is 5.75. The second-order valence-electron chi connectivity index (χ2n) is 5.85. The Morgan fingerprint density at radius 3 is 2.12 bits per heavy atom. The van der Waals surface area contributed by atoms with E-state index in [2.05, 4.69) is 0 Å². The van der Waals surface area contributed by atoms with Crippen LogP contribution in [-0.4, -0.2) is 39.5 Å². The molecule has 25 heavy (non-hydrogen) atoms. The highest BCUT2D eigenvalue weighted by Crippen LogP contribution is 2.29. The van der Waals surface area contributed by atoms with Crippen molar-refractivity contribution in [2.45, 2.75) is 22.0 Å². The Kier molecular flexibility index (Phi) is 4.65. The van der Waals surface area contributed by atoms with E-state index in [1.807, 2.05) is 0 Å². The standard InChI is InChI=1S/C16H15ClFNO4S2/c1-11-8-14(6-7-16(11)18)25(22,23)19-9-15(10-19)24(20,21)13-4-2-12(17)3-5-13/h2-8,15H,9-10H2,1H3. The average Bonchev–Trinajstić information content (AvgIpc) is 2.48. The van der Waals surface area contributed by atoms with E-state index in [0.29, 0.717) is 5.02 Å². The molecule has 2 aromatic rings. The first-order valence-corrected chi connectivity index (χ1v) is 10.7. The van der Waals surface area contributed by atoms with Gasteiger partial charge in [0.05, 0.1) is 15.0 Å². The molecule has 9 heteroatoms. The minimum atomic E-state index is -3.84. The van der Waals surface area contributed by atoms with Crippen molar-refractivity contribution < 1.29 is 21.2 Å². The quantitative estimate of drug-likeness (QED) is 0.786. The molecule has 0 spiro atoms. The van der Waals surface area contributed by atoms with Crippen LogP contribution in [0, 0.1) is 12.7 Å². The number of sulfonamides is 1. The van der Waals surface area contributed by atoms with E-state index in [1.54, 1.807) is 0 Å². The van der Waals surface area contributed by atoms with Crippen molar-refractivity contribution in [1.82, 2.24) is 4.31 Å². The Balaban J connectivity index is 1.79. The van der Waals surface area contributed by atoms with Gasteiger partial charge in [0.2, 0.25) is 10.0 Å². The van der Waals surface area contributed by atoms with Gasteiger partial charge >= 0.3 is 0 Å². The van der Waals surface area contributed by atoms with E-state index in [0.717, 1.165) is 10.4 Å². The van der Waals surface area contributed by atoms with Crippen LogP contribution in [0.2, 0.25) is 5.02 Å². The fourth-order valence-corrected chi connectivity index (χ4v) is 6.12. The van der Waals surface area contributed by atoms with Crippen molar-refractivity contribution >= 4 is 31.5 Å². The van der Waals surface area contributed by atoms with Gasteiger partial charge in [-0.1, -0.05) is 11.6 Å². The Morgan fingerprint density at radius 2 is 1.56 bits per heavy atom. The number of halogens is 2. The molecule has 1 aliphatic rings. The van der Waals surface area contributed by atoms with Crippen LogP contribution in [0.25, 0.3) is 0 Å². The lowest BCUT2D eigenvalue weighted by atomic mass is 10.2. The third kappa shape index (κ3) is 3.31. The molecule has 5 nitrogen and oxygen atoms in total. The van der Waals surface area contributed by atoms with Crippen LogP contribution >= 0.6 is 11.6 Å². The number of hydrogen-bond donors (Lipinski definition) is 0. The Bertz CT molecular complexity index is 1010. The van der Waals surface area contributed by atoms with E-state index in [-0.39, 0.29) is 28.4 Å². The Morgan fingerprint density at radius 1 is 1.00 bits per heavy atom. The van der Waals surface area contributed by atoms with Crippen LogP contribution in [0.15, 0.2) is 52.3 Å². The van der Waals surface area contributed by atoms with Gasteiger partial charge in [-0.3, -0.25) is 0 Å². The minimum Gasteiger partial charge on any atom is -0.223 e. The zero-order valence-corrected chi connectivity index (χ0v) is 15.6. The maximum Gasteiger partial charge on any atom is 0.243 e. The molecule has 0 bridgehead atoms. The summed E-state index contributed by atoms with van der Waals surface area (Å²) in [6.45, 7) is 1.20. The molecule has 1 aliphatic heterocycles. The second-order valence-corrected chi connectivity index (χ2v) is 10.5. The summed E-state index contributed by atoms with van der Waals surface area (Å²) < 4.78 is 64.5. The molecule has 3 rings (SSSR count). The lowest BCUT2D eigenvalue weighted by Gasteiger charge is -2.37. The van der Waals surface area contributed by atoms with Crippen LogP contribution in [0.4, 0.5) is 4.39 Å². The number of sulfone groups is 1. The van der Waals surface area contributed by atoms with Gasteiger partial charge < -0.3 is 0 Å². The maximum atomic E-state index is 13.3. The maximum absolute atomic E-state index is 13.3. The highest BCUT2D eigenvalue weighted by atomic mass is 35.5. The molecule has 134 valence electrons. The normalized spacial score (nSPS) is 16.6. The largest absolute Gasteiger partial charge is 0.243 e. The third-order valence-electron chi connectivity index (χ3n) is 4.16. The van der Waals surface area contributed by atoms with Crippen molar-refractivity contribution in [2.24, 2.45) is 0 Å². The first-order chi connectivity index (χ1) is 11.6. The molecule has 0 aromatic heterocycles. The monoisotopic (exact) mass is 403 g/mol. The molecular formula is C16H15ClFNO4S2. The first kappa shape index (κ1) is 18.3. The fourth-order valence-electron chi connectivity index (χ4n) is 2.54. The molecule has 0 saturated carbocycles. The number of benzene rings is 2. The zero-order chi connectivity index (χ0) is 18.4. The van der Waals surface area contributed by atoms with E-state index in [4.69, 9.17) is 11.6 Å². The van der Waals surface area contributed by atoms with Gasteiger partial charge in [0.15, 0.2) is 9.84 Å². The minimum absolute atomic E-state index is 0.0475. The lowest BCUT2D eigenvalue weighted by Crippen LogP contribution is -2.56. The van der Waals surface area contributed by atoms with E-state index >= 15 is 0 Å². The highest BCUT2D eigenvalue weighted by Gasteiger charge is 2.44. The molecule has 0 amide bonds. The summed E-state index contributed by atoms with van der Waals surface area (Å²) in [6.07, 6.45) is 0. The molecule has 0 N–H and O–H groups in total. The van der Waals surface area contributed by atoms with Crippen molar-refractivity contribution in [3.05, 3.63) is 58.9 Å². The molecule has 0 radical (unpaired) electrons. The van der Waals surface area contributed by atoms with Gasteiger partial charge in [-0.2, -0.15) is 4.31 Å². The van der Waals surface area contributed by atoms with Crippen LogP contribution < -0.4 is 0 Å². The lowest BCUT2D eigenvalue weighted by molar-refractivity contribution is 0.309. The SMILES string of the molecule is Cc1cc(S(=O)(=O)N2CC(S(=O)(=O)c3ccc(Cl)cc3)C2)ccc1F. The van der Waals surface area contributed by atoms with Gasteiger partial charge in [-0.05, 0) is 55.0 Å². The Labute approximate surface area is 151 Å². The van der Waals surface area contributed by atoms with Gasteiger partial charge in [-0.25, -0.2) is 21.2 Å². The molecule has 1 saturated heterocycles. The predicted molar refractivity (Wildman–Crippen MR) is 92.3 cm³/mol. The summed E-state index contributed by atoms with van der Waals surface area (Å²) in [6, 6.07) is 9.26. The summed E-state index contributed by atoms with van der Waals surface area (Å²) in [5.41, 5.74) is 0.215. The summed E-state index contributed by atoms with van der Waals surface area (Å²) in [4.78, 5) is 0.0605. The van der Waals surface area contributed by atoms with Gasteiger partial charge in [0.1, 0.15) is 5.82 Å². The summed E-state index contributed by atoms with van der Waals surface area (Å²) in [7, 11) is -7.48. The van der Waals surface area contributed by atoms with Crippen LogP contribution in [0.1, 0.15) is 5.56 Å². The molecule has 2 aromatic carbocycles. The van der Waals surface area contributed by atoms with Crippen molar-refractivity contribution in [3.63, 3.8) is 0 Å². The molecule has 0 atom stereocenters. The molecule has 1 fully saturated rings. The number of rotatable bonds is 4. The van der Waals surface area contributed by atoms with E-state index in [9.17, 15) is 21.2 Å². The second kappa shape index (κ2) is 6.35. The summed E-state index contributed by atoms with van der Waals surface area (Å²) in [5, 5.41) is -0.395. The van der Waals surface area contributed by atoms with Crippen LogP contribution in [0.3, 0.4) is 0 Å².